The van der Waals surface area contributed by atoms with E-state index in [1.807, 2.05) is 18.2 Å². The highest BCUT2D eigenvalue weighted by Gasteiger charge is 2.27. The zero-order valence-electron chi connectivity index (χ0n) is 18.8. The molecule has 2 aliphatic rings. The van der Waals surface area contributed by atoms with Gasteiger partial charge in [-0.3, -0.25) is 14.4 Å². The Morgan fingerprint density at radius 3 is 2.39 bits per heavy atom. The maximum atomic E-state index is 12.8. The summed E-state index contributed by atoms with van der Waals surface area (Å²) in [6.07, 6.45) is 5.46. The van der Waals surface area contributed by atoms with Gasteiger partial charge in [0, 0.05) is 45.3 Å². The Bertz CT molecular complexity index is 1050. The molecule has 3 heterocycles. The summed E-state index contributed by atoms with van der Waals surface area (Å²) in [6, 6.07) is 6.97. The number of furan rings is 1. The molecule has 2 aromatic rings. The van der Waals surface area contributed by atoms with Crippen molar-refractivity contribution in [1.29, 1.82) is 0 Å². The zero-order chi connectivity index (χ0) is 23.4. The van der Waals surface area contributed by atoms with E-state index in [4.69, 9.17) is 13.9 Å². The van der Waals surface area contributed by atoms with Crippen LogP contribution in [0.1, 0.15) is 28.1 Å². The molecule has 0 spiro atoms. The van der Waals surface area contributed by atoms with E-state index >= 15 is 0 Å². The molecule has 9 nitrogen and oxygen atoms in total. The first-order valence-electron chi connectivity index (χ1n) is 10.8. The molecule has 1 saturated heterocycles. The minimum Gasteiger partial charge on any atom is -0.493 e. The number of nitrogens with zero attached hydrogens (tertiary/aromatic N) is 3. The molecule has 174 valence electrons. The van der Waals surface area contributed by atoms with E-state index in [0.717, 1.165) is 11.1 Å². The number of benzene rings is 1. The van der Waals surface area contributed by atoms with Crippen molar-refractivity contribution in [2.24, 2.45) is 0 Å². The first-order valence-corrected chi connectivity index (χ1v) is 10.8. The summed E-state index contributed by atoms with van der Waals surface area (Å²) in [5, 5.41) is 0. The van der Waals surface area contributed by atoms with Crippen LogP contribution >= 0.6 is 0 Å². The van der Waals surface area contributed by atoms with Gasteiger partial charge in [-0.1, -0.05) is 0 Å². The third-order valence-corrected chi connectivity index (χ3v) is 5.96. The normalized spacial score (nSPS) is 15.8. The van der Waals surface area contributed by atoms with E-state index in [1.54, 1.807) is 47.3 Å². The molecule has 0 N–H and O–H groups in total. The van der Waals surface area contributed by atoms with Crippen molar-refractivity contribution in [3.63, 3.8) is 0 Å². The third-order valence-electron chi connectivity index (χ3n) is 5.96. The molecule has 0 bridgehead atoms. The van der Waals surface area contributed by atoms with Crippen LogP contribution in [-0.2, 0) is 16.0 Å². The van der Waals surface area contributed by atoms with E-state index in [2.05, 4.69) is 0 Å². The first kappa shape index (κ1) is 22.4. The minimum absolute atomic E-state index is 0.0357. The fraction of sp³-hybridized carbons (Fsp3) is 0.375. The van der Waals surface area contributed by atoms with Gasteiger partial charge < -0.3 is 28.6 Å². The van der Waals surface area contributed by atoms with Crippen molar-refractivity contribution in [1.82, 2.24) is 14.7 Å². The Balaban J connectivity index is 1.31. The molecule has 4 rings (SSSR count). The van der Waals surface area contributed by atoms with Crippen molar-refractivity contribution >= 4 is 23.8 Å². The Labute approximate surface area is 192 Å². The second-order valence-electron chi connectivity index (χ2n) is 7.89. The summed E-state index contributed by atoms with van der Waals surface area (Å²) in [4.78, 5) is 42.9. The van der Waals surface area contributed by atoms with E-state index in [9.17, 15) is 14.4 Å². The average Bonchev–Trinajstić information content (AvgIpc) is 3.33. The molecule has 33 heavy (non-hydrogen) atoms. The predicted molar refractivity (Wildman–Crippen MR) is 120 cm³/mol. The summed E-state index contributed by atoms with van der Waals surface area (Å²) < 4.78 is 15.9. The lowest BCUT2D eigenvalue weighted by atomic mass is 10.0. The van der Waals surface area contributed by atoms with Gasteiger partial charge >= 0.3 is 0 Å². The van der Waals surface area contributed by atoms with Gasteiger partial charge in [-0.05, 0) is 41.5 Å². The highest BCUT2D eigenvalue weighted by molar-refractivity contribution is 5.91. The summed E-state index contributed by atoms with van der Waals surface area (Å²) in [7, 11) is 3.13. The first-order chi connectivity index (χ1) is 16.0. The van der Waals surface area contributed by atoms with Crippen molar-refractivity contribution in [3.8, 4) is 11.5 Å². The Hall–Kier alpha value is -3.75. The van der Waals surface area contributed by atoms with Gasteiger partial charge in [-0.15, -0.1) is 0 Å². The quantitative estimate of drug-likeness (QED) is 0.665. The molecule has 3 amide bonds. The number of hydrogen-bond donors (Lipinski definition) is 0. The Kier molecular flexibility index (Phi) is 6.67. The second-order valence-corrected chi connectivity index (χ2v) is 7.89. The molecule has 1 fully saturated rings. The number of ether oxygens (including phenoxy) is 2. The lowest BCUT2D eigenvalue weighted by molar-refractivity contribution is -0.134. The zero-order valence-corrected chi connectivity index (χ0v) is 18.8. The monoisotopic (exact) mass is 453 g/mol. The van der Waals surface area contributed by atoms with Crippen molar-refractivity contribution in [3.05, 3.63) is 53.6 Å². The number of amides is 3. The van der Waals surface area contributed by atoms with Crippen molar-refractivity contribution in [2.45, 2.75) is 12.8 Å². The number of carbonyl (C=O) groups excluding carboxylic acids is 3. The fourth-order valence-electron chi connectivity index (χ4n) is 4.05. The van der Waals surface area contributed by atoms with Gasteiger partial charge in [-0.25, -0.2) is 0 Å². The van der Waals surface area contributed by atoms with Crippen LogP contribution in [0.25, 0.3) is 6.08 Å². The van der Waals surface area contributed by atoms with Crippen molar-refractivity contribution < 1.29 is 28.3 Å². The summed E-state index contributed by atoms with van der Waals surface area (Å²) in [5.41, 5.74) is 1.73. The van der Waals surface area contributed by atoms with Crippen LogP contribution in [0.3, 0.4) is 0 Å². The highest BCUT2D eigenvalue weighted by atomic mass is 16.5. The number of fused-ring (bicyclic) bond motifs is 1. The maximum Gasteiger partial charge on any atom is 0.289 e. The van der Waals surface area contributed by atoms with Crippen LogP contribution < -0.4 is 9.47 Å². The molecule has 1 aromatic heterocycles. The molecule has 0 aliphatic carbocycles. The molecule has 0 atom stereocenters. The van der Waals surface area contributed by atoms with Crippen LogP contribution in [0.15, 0.2) is 41.1 Å². The maximum absolute atomic E-state index is 12.8. The number of methoxy groups -OCH3 is 2. The minimum atomic E-state index is -0.166. The van der Waals surface area contributed by atoms with Crippen LogP contribution in [-0.4, -0.2) is 79.4 Å². The molecule has 0 saturated carbocycles. The Morgan fingerprint density at radius 2 is 1.73 bits per heavy atom. The molecule has 0 unspecified atom stereocenters. The predicted octanol–water partition coefficient (Wildman–Crippen LogP) is 2.03. The van der Waals surface area contributed by atoms with Crippen molar-refractivity contribution in [2.75, 3.05) is 46.9 Å². The van der Waals surface area contributed by atoms with Crippen LogP contribution in [0.2, 0.25) is 0 Å². The summed E-state index contributed by atoms with van der Waals surface area (Å²) >= 11 is 0. The lowest BCUT2D eigenvalue weighted by Crippen LogP contribution is -2.51. The van der Waals surface area contributed by atoms with Gasteiger partial charge in [0.25, 0.3) is 5.91 Å². The van der Waals surface area contributed by atoms with Crippen LogP contribution in [0.5, 0.6) is 11.5 Å². The summed E-state index contributed by atoms with van der Waals surface area (Å²) in [5.74, 6) is 1.19. The molecular weight excluding hydrogens is 426 g/mol. The van der Waals surface area contributed by atoms with Crippen LogP contribution in [0, 0.1) is 0 Å². The number of piperazine rings is 1. The fourth-order valence-corrected chi connectivity index (χ4v) is 4.05. The highest BCUT2D eigenvalue weighted by Crippen LogP contribution is 2.32. The number of hydrogen-bond acceptors (Lipinski definition) is 6. The van der Waals surface area contributed by atoms with Gasteiger partial charge in [-0.2, -0.15) is 0 Å². The molecule has 2 aliphatic heterocycles. The summed E-state index contributed by atoms with van der Waals surface area (Å²) in [6.45, 7) is 2.11. The standard InChI is InChI=1S/C24H27N3O6/c1-31-20-14-17-5-7-25(23(29)16-18(17)15-21(20)32-2)8-6-22(28)26-9-11-27(12-10-26)24(30)19-4-3-13-33-19/h3-5,7,13-15H,6,8-12,16H2,1-2H3. The smallest absolute Gasteiger partial charge is 0.289 e. The lowest BCUT2D eigenvalue weighted by Gasteiger charge is -2.34. The molecule has 0 radical (unpaired) electrons. The second kappa shape index (κ2) is 9.81. The molecule has 9 heteroatoms. The van der Waals surface area contributed by atoms with E-state index < -0.39 is 0 Å². The number of carbonyl (C=O) groups is 3. The third kappa shape index (κ3) is 4.87. The topological polar surface area (TPSA) is 92.5 Å². The SMILES string of the molecule is COc1cc2c(cc1OC)CC(=O)N(CCC(=O)N1CCN(C(=O)c3ccco3)CC1)C=C2. The number of rotatable bonds is 6. The van der Waals surface area contributed by atoms with E-state index in [-0.39, 0.29) is 30.6 Å². The van der Waals surface area contributed by atoms with E-state index in [0.29, 0.717) is 50.0 Å². The average molecular weight is 453 g/mol. The Morgan fingerprint density at radius 1 is 1.03 bits per heavy atom. The van der Waals surface area contributed by atoms with Crippen LogP contribution in [0.4, 0.5) is 0 Å². The molecular formula is C24H27N3O6. The van der Waals surface area contributed by atoms with Gasteiger partial charge in [0.2, 0.25) is 11.8 Å². The molecule has 1 aromatic carbocycles. The van der Waals surface area contributed by atoms with E-state index in [1.165, 1.54) is 6.26 Å². The van der Waals surface area contributed by atoms with Gasteiger partial charge in [0.05, 0.1) is 26.9 Å². The largest absolute Gasteiger partial charge is 0.493 e. The van der Waals surface area contributed by atoms with Gasteiger partial charge in [0.1, 0.15) is 0 Å². The van der Waals surface area contributed by atoms with Gasteiger partial charge in [0.15, 0.2) is 17.3 Å².